The van der Waals surface area contributed by atoms with Crippen LogP contribution >= 0.6 is 0 Å². The van der Waals surface area contributed by atoms with Gasteiger partial charge in [0.15, 0.2) is 0 Å². The predicted octanol–water partition coefficient (Wildman–Crippen LogP) is 7.92. The molecule has 39 heavy (non-hydrogen) atoms. The van der Waals surface area contributed by atoms with Crippen LogP contribution in [0.1, 0.15) is 57.7 Å². The summed E-state index contributed by atoms with van der Waals surface area (Å²) < 4.78 is 12.4. The van der Waals surface area contributed by atoms with Crippen molar-refractivity contribution in [2.75, 3.05) is 33.7 Å². The van der Waals surface area contributed by atoms with E-state index in [9.17, 15) is 4.39 Å². The Hall–Kier alpha value is -2.79. The summed E-state index contributed by atoms with van der Waals surface area (Å²) in [5.74, 6) is -0.174. The Bertz CT molecular complexity index is 1010. The topological polar surface area (TPSA) is 18.5 Å². The van der Waals surface area contributed by atoms with Crippen molar-refractivity contribution in [1.29, 1.82) is 0 Å². The van der Waals surface area contributed by atoms with E-state index in [1.54, 1.807) is 12.1 Å². The minimum Gasteiger partial charge on any atom is -0.309 e. The highest BCUT2D eigenvalue weighted by Gasteiger charge is 2.20. The second kappa shape index (κ2) is 19.3. The molecule has 1 aliphatic heterocycles. The summed E-state index contributed by atoms with van der Waals surface area (Å²) in [5.41, 5.74) is 6.13. The van der Waals surface area contributed by atoms with Crippen molar-refractivity contribution < 1.29 is 4.39 Å². The Morgan fingerprint density at radius 3 is 2.08 bits per heavy atom. The molecule has 1 aliphatic rings. The minimum atomic E-state index is -0.174. The molecular formula is C35H52FN3. The summed E-state index contributed by atoms with van der Waals surface area (Å²) in [7, 11) is 4.16. The molecule has 2 unspecified atom stereocenters. The number of aryl methyl sites for hydroxylation is 1. The fourth-order valence-corrected chi connectivity index (χ4v) is 4.61. The van der Waals surface area contributed by atoms with Crippen molar-refractivity contribution in [3.05, 3.63) is 114 Å². The van der Waals surface area contributed by atoms with Gasteiger partial charge in [0.05, 0.1) is 0 Å². The van der Waals surface area contributed by atoms with Crippen molar-refractivity contribution in [1.82, 2.24) is 15.1 Å². The lowest BCUT2D eigenvalue weighted by Gasteiger charge is -2.36. The molecule has 0 amide bonds. The van der Waals surface area contributed by atoms with Gasteiger partial charge in [0.2, 0.25) is 0 Å². The second-order valence-electron chi connectivity index (χ2n) is 10.3. The van der Waals surface area contributed by atoms with E-state index in [0.717, 1.165) is 50.2 Å². The Kier molecular flexibility index (Phi) is 16.9. The molecule has 3 rings (SSSR count). The third-order valence-electron chi connectivity index (χ3n) is 6.20. The number of nitrogens with one attached hydrogen (secondary N) is 1. The van der Waals surface area contributed by atoms with Crippen molar-refractivity contribution in [3.63, 3.8) is 0 Å². The third kappa shape index (κ3) is 13.7. The van der Waals surface area contributed by atoms with Gasteiger partial charge in [-0.1, -0.05) is 81.1 Å². The quantitative estimate of drug-likeness (QED) is 0.247. The van der Waals surface area contributed by atoms with Gasteiger partial charge in [-0.15, -0.1) is 6.58 Å². The highest BCUT2D eigenvalue weighted by molar-refractivity contribution is 5.79. The normalized spacial score (nSPS) is 17.7. The first-order chi connectivity index (χ1) is 18.7. The van der Waals surface area contributed by atoms with Gasteiger partial charge >= 0.3 is 0 Å². The molecule has 2 aromatic rings. The van der Waals surface area contributed by atoms with Gasteiger partial charge in [-0.05, 0) is 87.7 Å². The first kappa shape index (κ1) is 34.2. The van der Waals surface area contributed by atoms with Gasteiger partial charge in [-0.3, -0.25) is 4.90 Å². The van der Waals surface area contributed by atoms with E-state index in [2.05, 4.69) is 98.7 Å². The highest BCUT2D eigenvalue weighted by atomic mass is 19.1. The average Bonchev–Trinajstić information content (AvgIpc) is 2.90. The van der Waals surface area contributed by atoms with Crippen LogP contribution in [-0.4, -0.2) is 55.6 Å². The van der Waals surface area contributed by atoms with Crippen LogP contribution in [0.4, 0.5) is 4.39 Å². The minimum absolute atomic E-state index is 0.174. The molecule has 1 heterocycles. The molecule has 0 saturated carbocycles. The van der Waals surface area contributed by atoms with Crippen LogP contribution in [0, 0.1) is 5.82 Å². The van der Waals surface area contributed by atoms with E-state index in [1.807, 2.05) is 26.8 Å². The van der Waals surface area contributed by atoms with E-state index < -0.39 is 0 Å². The summed E-state index contributed by atoms with van der Waals surface area (Å²) in [6, 6.07) is 16.7. The van der Waals surface area contributed by atoms with Crippen LogP contribution in [0.25, 0.3) is 5.57 Å². The van der Waals surface area contributed by atoms with E-state index >= 15 is 0 Å². The summed E-state index contributed by atoms with van der Waals surface area (Å²) in [6.45, 7) is 22.6. The predicted molar refractivity (Wildman–Crippen MR) is 171 cm³/mol. The number of hydrogen-bond acceptors (Lipinski definition) is 3. The molecule has 0 aliphatic carbocycles. The van der Waals surface area contributed by atoms with Gasteiger partial charge in [-0.2, -0.15) is 0 Å². The molecule has 2 aromatic carbocycles. The molecule has 3 nitrogen and oxygen atoms in total. The Morgan fingerprint density at radius 1 is 1.00 bits per heavy atom. The van der Waals surface area contributed by atoms with Crippen LogP contribution in [0.5, 0.6) is 0 Å². The van der Waals surface area contributed by atoms with Crippen molar-refractivity contribution in [3.8, 4) is 0 Å². The smallest absolute Gasteiger partial charge is 0.123 e. The lowest BCUT2D eigenvalue weighted by molar-refractivity contribution is 0.166. The molecule has 0 bridgehead atoms. The van der Waals surface area contributed by atoms with Gasteiger partial charge in [0, 0.05) is 38.3 Å². The number of piperazine rings is 1. The van der Waals surface area contributed by atoms with Crippen LogP contribution in [-0.2, 0) is 13.0 Å². The summed E-state index contributed by atoms with van der Waals surface area (Å²) in [6.07, 6.45) is 10.1. The van der Waals surface area contributed by atoms with Crippen LogP contribution in [0.2, 0.25) is 0 Å². The lowest BCUT2D eigenvalue weighted by atomic mass is 9.97. The molecule has 4 heteroatoms. The number of rotatable bonds is 10. The van der Waals surface area contributed by atoms with Gasteiger partial charge < -0.3 is 10.2 Å². The fraction of sp³-hybridized carbons (Fsp3) is 0.429. The SMILES string of the molecule is C=C(CN(C)C)/C(=C\C=C/C)c1ccc(CN2CC(C)NC(C)C2)cc1.C=CCCc1ccc(F)cc1.CC. The first-order valence-corrected chi connectivity index (χ1v) is 14.3. The molecule has 0 radical (unpaired) electrons. The van der Waals surface area contributed by atoms with Gasteiger partial charge in [-0.25, -0.2) is 4.39 Å². The first-order valence-electron chi connectivity index (χ1n) is 14.3. The Balaban J connectivity index is 0.000000487. The molecule has 2 atom stereocenters. The molecule has 1 saturated heterocycles. The van der Waals surface area contributed by atoms with Gasteiger partial charge in [0.1, 0.15) is 5.82 Å². The maximum absolute atomic E-state index is 12.4. The maximum atomic E-state index is 12.4. The number of nitrogens with zero attached hydrogens (tertiary/aromatic N) is 2. The number of likely N-dealkylation sites (N-methyl/N-ethyl adjacent to an activating group) is 1. The average molecular weight is 534 g/mol. The molecule has 0 aromatic heterocycles. The zero-order valence-corrected chi connectivity index (χ0v) is 25.5. The summed E-state index contributed by atoms with van der Waals surface area (Å²) >= 11 is 0. The van der Waals surface area contributed by atoms with Crippen molar-refractivity contribution in [2.45, 2.75) is 66.1 Å². The summed E-state index contributed by atoms with van der Waals surface area (Å²) in [4.78, 5) is 4.70. The van der Waals surface area contributed by atoms with E-state index in [4.69, 9.17) is 0 Å². The highest BCUT2D eigenvalue weighted by Crippen LogP contribution is 2.24. The largest absolute Gasteiger partial charge is 0.309 e. The second-order valence-corrected chi connectivity index (χ2v) is 10.3. The fourth-order valence-electron chi connectivity index (χ4n) is 4.61. The Morgan fingerprint density at radius 2 is 1.56 bits per heavy atom. The lowest BCUT2D eigenvalue weighted by Crippen LogP contribution is -2.53. The molecule has 1 fully saturated rings. The zero-order chi connectivity index (χ0) is 29.2. The van der Waals surface area contributed by atoms with Crippen LogP contribution in [0.15, 0.2) is 91.6 Å². The van der Waals surface area contributed by atoms with Gasteiger partial charge in [0.25, 0.3) is 0 Å². The van der Waals surface area contributed by atoms with Crippen molar-refractivity contribution >= 4 is 5.57 Å². The van der Waals surface area contributed by atoms with E-state index in [-0.39, 0.29) is 5.82 Å². The molecular weight excluding hydrogens is 481 g/mol. The zero-order valence-electron chi connectivity index (χ0n) is 25.5. The monoisotopic (exact) mass is 533 g/mol. The molecule has 214 valence electrons. The standard InChI is InChI=1S/C23H35N3.C10H11F.C2H6/c1-7-8-9-23(18(2)14-25(5)6)22-12-10-21(11-13-22)17-26-15-19(3)24-20(4)16-26;1-2-3-4-9-5-7-10(11)8-6-9;1-2/h7-13,19-20,24H,2,14-17H2,1,3-6H3;2,5-8H,1,3-4H2;1-2H3/b8-7-,23-9+;;. The molecule has 1 N–H and O–H groups in total. The molecule has 0 spiro atoms. The number of halogens is 1. The number of benzene rings is 2. The van der Waals surface area contributed by atoms with E-state index in [0.29, 0.717) is 12.1 Å². The number of hydrogen-bond donors (Lipinski definition) is 1. The van der Waals surface area contributed by atoms with E-state index in [1.165, 1.54) is 28.8 Å². The summed E-state index contributed by atoms with van der Waals surface area (Å²) in [5, 5.41) is 3.60. The van der Waals surface area contributed by atoms with Crippen LogP contribution in [0.3, 0.4) is 0 Å². The Labute approximate surface area is 238 Å². The van der Waals surface area contributed by atoms with Crippen molar-refractivity contribution in [2.24, 2.45) is 0 Å². The van der Waals surface area contributed by atoms with Crippen LogP contribution < -0.4 is 5.32 Å². The third-order valence-corrected chi connectivity index (χ3v) is 6.20. The maximum Gasteiger partial charge on any atom is 0.123 e. The number of allylic oxidation sites excluding steroid dienone is 4.